The number of benzene rings is 1. The van der Waals surface area contributed by atoms with Crippen LogP contribution in [0.1, 0.15) is 16.0 Å². The molecule has 0 bridgehead atoms. The van der Waals surface area contributed by atoms with Crippen LogP contribution in [0.25, 0.3) is 0 Å². The average Bonchev–Trinajstić information content (AvgIpc) is 2.79. The highest BCUT2D eigenvalue weighted by molar-refractivity contribution is 7.09. The van der Waals surface area contributed by atoms with Crippen LogP contribution in [-0.4, -0.2) is 0 Å². The molecular weight excluding hydrogens is 218 g/mol. The maximum absolute atomic E-state index is 8.94. The number of nitriles is 1. The molecule has 0 aliphatic rings. The lowest BCUT2D eigenvalue weighted by atomic mass is 10.1. The SMILES string of the molecule is Cc1ccc(C#N)c(OCc2cccs2)c1. The number of hydrogen-bond acceptors (Lipinski definition) is 3. The summed E-state index contributed by atoms with van der Waals surface area (Å²) in [5, 5.41) is 11.0. The first kappa shape index (κ1) is 10.7. The van der Waals surface area contributed by atoms with Gasteiger partial charge in [0.25, 0.3) is 0 Å². The second kappa shape index (κ2) is 4.82. The third kappa shape index (κ3) is 2.41. The highest BCUT2D eigenvalue weighted by Gasteiger charge is 2.04. The summed E-state index contributed by atoms with van der Waals surface area (Å²) in [6.45, 7) is 2.51. The van der Waals surface area contributed by atoms with Crippen molar-refractivity contribution in [3.63, 3.8) is 0 Å². The Labute approximate surface area is 98.7 Å². The van der Waals surface area contributed by atoms with Gasteiger partial charge in [0.05, 0.1) is 5.56 Å². The van der Waals surface area contributed by atoms with E-state index in [1.807, 2.05) is 36.6 Å². The second-order valence-corrected chi connectivity index (χ2v) is 4.51. The van der Waals surface area contributed by atoms with Crippen LogP contribution >= 0.6 is 11.3 Å². The summed E-state index contributed by atoms with van der Waals surface area (Å²) >= 11 is 1.65. The van der Waals surface area contributed by atoms with Gasteiger partial charge in [0.15, 0.2) is 0 Å². The summed E-state index contributed by atoms with van der Waals surface area (Å²) in [5.74, 6) is 0.663. The van der Waals surface area contributed by atoms with Crippen molar-refractivity contribution in [3.8, 4) is 11.8 Å². The third-order valence-electron chi connectivity index (χ3n) is 2.21. The van der Waals surface area contributed by atoms with Gasteiger partial charge < -0.3 is 4.74 Å². The van der Waals surface area contributed by atoms with Crippen LogP contribution in [0.15, 0.2) is 35.7 Å². The fourth-order valence-corrected chi connectivity index (χ4v) is 2.00. The first-order valence-corrected chi connectivity index (χ1v) is 5.83. The van der Waals surface area contributed by atoms with Gasteiger partial charge in [0.1, 0.15) is 18.4 Å². The Morgan fingerprint density at radius 3 is 2.94 bits per heavy atom. The summed E-state index contributed by atoms with van der Waals surface area (Å²) in [5.41, 5.74) is 1.68. The molecule has 0 atom stereocenters. The van der Waals surface area contributed by atoms with Gasteiger partial charge in [-0.25, -0.2) is 0 Å². The van der Waals surface area contributed by atoms with E-state index in [-0.39, 0.29) is 0 Å². The molecule has 2 aromatic rings. The van der Waals surface area contributed by atoms with Crippen LogP contribution in [0.2, 0.25) is 0 Å². The molecule has 80 valence electrons. The van der Waals surface area contributed by atoms with Crippen molar-refractivity contribution in [3.05, 3.63) is 51.7 Å². The Balaban J connectivity index is 2.15. The molecule has 0 unspecified atom stereocenters. The minimum absolute atomic E-state index is 0.524. The lowest BCUT2D eigenvalue weighted by Gasteiger charge is -2.07. The summed E-state index contributed by atoms with van der Waals surface area (Å²) in [6.07, 6.45) is 0. The van der Waals surface area contributed by atoms with Crippen LogP contribution in [-0.2, 0) is 6.61 Å². The number of nitrogens with zero attached hydrogens (tertiary/aromatic N) is 1. The Bertz CT molecular complexity index is 511. The highest BCUT2D eigenvalue weighted by atomic mass is 32.1. The molecule has 0 saturated carbocycles. The number of hydrogen-bond donors (Lipinski definition) is 0. The monoisotopic (exact) mass is 229 g/mol. The fourth-order valence-electron chi connectivity index (χ4n) is 1.38. The van der Waals surface area contributed by atoms with Gasteiger partial charge in [-0.05, 0) is 36.1 Å². The van der Waals surface area contributed by atoms with E-state index in [9.17, 15) is 0 Å². The van der Waals surface area contributed by atoms with Crippen molar-refractivity contribution in [2.45, 2.75) is 13.5 Å². The lowest BCUT2D eigenvalue weighted by molar-refractivity contribution is 0.308. The minimum atomic E-state index is 0.524. The molecule has 0 radical (unpaired) electrons. The van der Waals surface area contributed by atoms with E-state index in [0.717, 1.165) is 10.4 Å². The molecular formula is C13H11NOS. The van der Waals surface area contributed by atoms with Crippen molar-refractivity contribution >= 4 is 11.3 Å². The van der Waals surface area contributed by atoms with E-state index in [0.29, 0.717) is 17.9 Å². The first-order chi connectivity index (χ1) is 7.79. The van der Waals surface area contributed by atoms with E-state index >= 15 is 0 Å². The maximum atomic E-state index is 8.94. The van der Waals surface area contributed by atoms with Crippen molar-refractivity contribution in [1.82, 2.24) is 0 Å². The van der Waals surface area contributed by atoms with Gasteiger partial charge in [0, 0.05) is 4.88 Å². The van der Waals surface area contributed by atoms with Gasteiger partial charge in [-0.2, -0.15) is 5.26 Å². The van der Waals surface area contributed by atoms with Crippen LogP contribution in [0.5, 0.6) is 5.75 Å². The summed E-state index contributed by atoms with van der Waals surface area (Å²) in [4.78, 5) is 1.16. The molecule has 0 aliphatic heterocycles. The zero-order chi connectivity index (χ0) is 11.4. The zero-order valence-corrected chi connectivity index (χ0v) is 9.75. The smallest absolute Gasteiger partial charge is 0.137 e. The normalized spacial score (nSPS) is 9.75. The van der Waals surface area contributed by atoms with Gasteiger partial charge in [-0.15, -0.1) is 11.3 Å². The molecule has 0 spiro atoms. The zero-order valence-electron chi connectivity index (χ0n) is 8.93. The van der Waals surface area contributed by atoms with Crippen LogP contribution in [0.4, 0.5) is 0 Å². The first-order valence-electron chi connectivity index (χ1n) is 4.95. The predicted octanol–water partition coefficient (Wildman–Crippen LogP) is 3.51. The molecule has 2 rings (SSSR count). The van der Waals surface area contributed by atoms with E-state index in [2.05, 4.69) is 6.07 Å². The number of rotatable bonds is 3. The fraction of sp³-hybridized carbons (Fsp3) is 0.154. The van der Waals surface area contributed by atoms with E-state index in [1.54, 1.807) is 17.4 Å². The van der Waals surface area contributed by atoms with Crippen LogP contribution in [0, 0.1) is 18.3 Å². The highest BCUT2D eigenvalue weighted by Crippen LogP contribution is 2.21. The van der Waals surface area contributed by atoms with Crippen molar-refractivity contribution < 1.29 is 4.74 Å². The Morgan fingerprint density at radius 1 is 1.38 bits per heavy atom. The Kier molecular flexibility index (Phi) is 3.23. The Hall–Kier alpha value is -1.79. The molecule has 0 saturated heterocycles. The molecule has 0 amide bonds. The van der Waals surface area contributed by atoms with Gasteiger partial charge in [-0.1, -0.05) is 12.1 Å². The van der Waals surface area contributed by atoms with Gasteiger partial charge in [-0.3, -0.25) is 0 Å². The minimum Gasteiger partial charge on any atom is -0.487 e. The molecule has 0 fully saturated rings. The largest absolute Gasteiger partial charge is 0.487 e. The molecule has 1 aromatic heterocycles. The number of thiophene rings is 1. The average molecular weight is 229 g/mol. The third-order valence-corrected chi connectivity index (χ3v) is 3.06. The Morgan fingerprint density at radius 2 is 2.25 bits per heavy atom. The van der Waals surface area contributed by atoms with E-state index in [4.69, 9.17) is 10.00 Å². The lowest BCUT2D eigenvalue weighted by Crippen LogP contribution is -1.95. The quantitative estimate of drug-likeness (QED) is 0.807. The number of aryl methyl sites for hydroxylation is 1. The second-order valence-electron chi connectivity index (χ2n) is 3.48. The van der Waals surface area contributed by atoms with Crippen molar-refractivity contribution in [2.24, 2.45) is 0 Å². The van der Waals surface area contributed by atoms with Gasteiger partial charge >= 0.3 is 0 Å². The summed E-state index contributed by atoms with van der Waals surface area (Å²) in [6, 6.07) is 11.7. The van der Waals surface area contributed by atoms with Crippen LogP contribution < -0.4 is 4.74 Å². The van der Waals surface area contributed by atoms with E-state index in [1.165, 1.54) is 0 Å². The van der Waals surface area contributed by atoms with Crippen molar-refractivity contribution in [1.29, 1.82) is 5.26 Å². The molecule has 16 heavy (non-hydrogen) atoms. The van der Waals surface area contributed by atoms with E-state index < -0.39 is 0 Å². The topological polar surface area (TPSA) is 33.0 Å². The van der Waals surface area contributed by atoms with Gasteiger partial charge in [0.2, 0.25) is 0 Å². The van der Waals surface area contributed by atoms with Crippen LogP contribution in [0.3, 0.4) is 0 Å². The number of ether oxygens (including phenoxy) is 1. The molecule has 2 nitrogen and oxygen atoms in total. The maximum Gasteiger partial charge on any atom is 0.137 e. The molecule has 0 N–H and O–H groups in total. The molecule has 3 heteroatoms. The molecule has 1 heterocycles. The molecule has 1 aromatic carbocycles. The van der Waals surface area contributed by atoms with Crippen molar-refractivity contribution in [2.75, 3.05) is 0 Å². The standard InChI is InChI=1S/C13H11NOS/c1-10-4-5-11(8-14)13(7-10)15-9-12-3-2-6-16-12/h2-7H,9H2,1H3. The summed E-state index contributed by atoms with van der Waals surface area (Å²) < 4.78 is 5.64. The predicted molar refractivity (Wildman–Crippen MR) is 64.5 cm³/mol. The summed E-state index contributed by atoms with van der Waals surface area (Å²) in [7, 11) is 0. The molecule has 0 aliphatic carbocycles.